The predicted molar refractivity (Wildman–Crippen MR) is 71.6 cm³/mol. The van der Waals surface area contributed by atoms with Gasteiger partial charge in [0.05, 0.1) is 5.52 Å². The molecule has 0 bridgehead atoms. The van der Waals surface area contributed by atoms with Crippen molar-refractivity contribution in [3.8, 4) is 0 Å². The van der Waals surface area contributed by atoms with Crippen LogP contribution in [0.25, 0.3) is 10.9 Å². The average Bonchev–Trinajstić information content (AvgIpc) is 2.27. The number of hydrogen-bond donors (Lipinski definition) is 0. The van der Waals surface area contributed by atoms with E-state index in [-0.39, 0.29) is 10.9 Å². The number of aromatic nitrogens is 1. The summed E-state index contributed by atoms with van der Waals surface area (Å²) in [6, 6.07) is 6.89. The maximum atomic E-state index is 12.1. The van der Waals surface area contributed by atoms with E-state index in [1.807, 2.05) is 13.8 Å². The summed E-state index contributed by atoms with van der Waals surface area (Å²) in [7, 11) is 1.26. The Labute approximate surface area is 109 Å². The number of benzene rings is 1. The van der Waals surface area contributed by atoms with Crippen LogP contribution in [0.5, 0.6) is 0 Å². The van der Waals surface area contributed by atoms with Gasteiger partial charge in [0.25, 0.3) is 9.05 Å². The molecule has 6 heteroatoms. The maximum Gasteiger partial charge on any atom is 0.266 e. The summed E-state index contributed by atoms with van der Waals surface area (Å²) in [4.78, 5) is 11.7. The standard InChI is InChI=1S/C12H12ClNO3S/c1-8(2)14-7-11(18(13,16)17)12(15)9-5-3-4-6-10(9)14/h3-8H,1-2H3. The highest BCUT2D eigenvalue weighted by molar-refractivity contribution is 8.13. The van der Waals surface area contributed by atoms with Crippen LogP contribution in [0.4, 0.5) is 0 Å². The Kier molecular flexibility index (Phi) is 3.21. The van der Waals surface area contributed by atoms with Crippen LogP contribution in [0.1, 0.15) is 19.9 Å². The highest BCUT2D eigenvalue weighted by Crippen LogP contribution is 2.20. The molecular formula is C12H12ClNO3S. The van der Waals surface area contributed by atoms with Gasteiger partial charge in [0, 0.05) is 28.3 Å². The molecule has 2 rings (SSSR count). The molecule has 0 atom stereocenters. The molecule has 2 aromatic rings. The Hall–Kier alpha value is -1.33. The van der Waals surface area contributed by atoms with Crippen molar-refractivity contribution in [3.63, 3.8) is 0 Å². The van der Waals surface area contributed by atoms with Gasteiger partial charge in [-0.1, -0.05) is 12.1 Å². The van der Waals surface area contributed by atoms with Crippen molar-refractivity contribution in [2.45, 2.75) is 24.8 Å². The number of rotatable bonds is 2. The molecule has 4 nitrogen and oxygen atoms in total. The largest absolute Gasteiger partial charge is 0.343 e. The minimum atomic E-state index is -4.04. The van der Waals surface area contributed by atoms with Crippen molar-refractivity contribution in [1.82, 2.24) is 4.57 Å². The molecule has 0 N–H and O–H groups in total. The smallest absolute Gasteiger partial charge is 0.266 e. The quantitative estimate of drug-likeness (QED) is 0.797. The molecule has 0 saturated heterocycles. The Morgan fingerprint density at radius 2 is 1.83 bits per heavy atom. The SMILES string of the molecule is CC(C)n1cc(S(=O)(=O)Cl)c(=O)c2ccccc21. The van der Waals surface area contributed by atoms with Crippen LogP contribution in [-0.4, -0.2) is 13.0 Å². The van der Waals surface area contributed by atoms with Gasteiger partial charge in [-0.3, -0.25) is 4.79 Å². The van der Waals surface area contributed by atoms with Crippen molar-refractivity contribution in [3.05, 3.63) is 40.7 Å². The number of hydrogen-bond acceptors (Lipinski definition) is 3. The van der Waals surface area contributed by atoms with Crippen LogP contribution in [-0.2, 0) is 9.05 Å². The van der Waals surface area contributed by atoms with Crippen LogP contribution >= 0.6 is 10.7 Å². The Morgan fingerprint density at radius 1 is 1.22 bits per heavy atom. The first-order valence-corrected chi connectivity index (χ1v) is 7.72. The first-order valence-electron chi connectivity index (χ1n) is 5.41. The molecule has 0 aliphatic heterocycles. The predicted octanol–water partition coefficient (Wildman–Crippen LogP) is 2.51. The van der Waals surface area contributed by atoms with Crippen molar-refractivity contribution in [2.24, 2.45) is 0 Å². The molecule has 0 unspecified atom stereocenters. The summed E-state index contributed by atoms with van der Waals surface area (Å²) in [5.41, 5.74) is 0.138. The fourth-order valence-electron chi connectivity index (χ4n) is 1.88. The topological polar surface area (TPSA) is 56.1 Å². The lowest BCUT2D eigenvalue weighted by Crippen LogP contribution is -2.17. The first-order chi connectivity index (χ1) is 8.32. The highest BCUT2D eigenvalue weighted by Gasteiger charge is 2.19. The molecule has 1 aromatic carbocycles. The van der Waals surface area contributed by atoms with Crippen molar-refractivity contribution in [1.29, 1.82) is 0 Å². The molecule has 0 radical (unpaired) electrons. The zero-order valence-electron chi connectivity index (χ0n) is 9.92. The van der Waals surface area contributed by atoms with Crippen molar-refractivity contribution >= 4 is 30.6 Å². The molecule has 0 spiro atoms. The second-order valence-corrected chi connectivity index (χ2v) is 6.81. The fourth-order valence-corrected chi connectivity index (χ4v) is 2.78. The van der Waals surface area contributed by atoms with E-state index in [4.69, 9.17) is 10.7 Å². The van der Waals surface area contributed by atoms with Gasteiger partial charge in [0.2, 0.25) is 5.43 Å². The Morgan fingerprint density at radius 3 is 2.39 bits per heavy atom. The van der Waals surface area contributed by atoms with Crippen molar-refractivity contribution in [2.75, 3.05) is 0 Å². The van der Waals surface area contributed by atoms with E-state index in [1.54, 1.807) is 28.8 Å². The third-order valence-electron chi connectivity index (χ3n) is 2.73. The van der Waals surface area contributed by atoms with Crippen molar-refractivity contribution < 1.29 is 8.42 Å². The van der Waals surface area contributed by atoms with Gasteiger partial charge in [-0.2, -0.15) is 0 Å². The van der Waals surface area contributed by atoms with E-state index in [1.165, 1.54) is 6.20 Å². The summed E-state index contributed by atoms with van der Waals surface area (Å²) in [6.45, 7) is 3.81. The fraction of sp³-hybridized carbons (Fsp3) is 0.250. The zero-order valence-corrected chi connectivity index (χ0v) is 11.5. The number of pyridine rings is 1. The molecule has 0 fully saturated rings. The van der Waals surface area contributed by atoms with Gasteiger partial charge in [-0.25, -0.2) is 8.42 Å². The molecule has 96 valence electrons. The molecule has 18 heavy (non-hydrogen) atoms. The highest BCUT2D eigenvalue weighted by atomic mass is 35.7. The Balaban J connectivity index is 3.02. The maximum absolute atomic E-state index is 12.1. The summed E-state index contributed by atoms with van der Waals surface area (Å²) < 4.78 is 24.6. The van der Waals surface area contributed by atoms with E-state index in [2.05, 4.69) is 0 Å². The lowest BCUT2D eigenvalue weighted by molar-refractivity contribution is 0.595. The average molecular weight is 286 g/mol. The number of halogens is 1. The third kappa shape index (κ3) is 2.15. The molecule has 0 aliphatic rings. The van der Waals surface area contributed by atoms with E-state index < -0.39 is 14.5 Å². The van der Waals surface area contributed by atoms with E-state index in [0.717, 1.165) is 0 Å². The summed E-state index contributed by atoms with van der Waals surface area (Å²) in [5, 5.41) is 0.355. The lowest BCUT2D eigenvalue weighted by Gasteiger charge is -2.15. The van der Waals surface area contributed by atoms with Crippen LogP contribution in [0.2, 0.25) is 0 Å². The summed E-state index contributed by atoms with van der Waals surface area (Å²) >= 11 is 0. The van der Waals surface area contributed by atoms with E-state index in [9.17, 15) is 13.2 Å². The van der Waals surface area contributed by atoms with Crippen LogP contribution in [0, 0.1) is 0 Å². The minimum Gasteiger partial charge on any atom is -0.343 e. The van der Waals surface area contributed by atoms with Gasteiger partial charge >= 0.3 is 0 Å². The van der Waals surface area contributed by atoms with E-state index >= 15 is 0 Å². The van der Waals surface area contributed by atoms with Crippen LogP contribution in [0.15, 0.2) is 40.2 Å². The Bertz CT molecular complexity index is 762. The zero-order chi connectivity index (χ0) is 13.5. The molecule has 0 aliphatic carbocycles. The summed E-state index contributed by atoms with van der Waals surface area (Å²) in [6.07, 6.45) is 1.30. The minimum absolute atomic E-state index is 0.0210. The molecule has 1 heterocycles. The van der Waals surface area contributed by atoms with Gasteiger partial charge in [0.1, 0.15) is 4.90 Å². The second kappa shape index (κ2) is 4.40. The number of fused-ring (bicyclic) bond motifs is 1. The third-order valence-corrected chi connectivity index (χ3v) is 4.04. The van der Waals surface area contributed by atoms with E-state index in [0.29, 0.717) is 10.9 Å². The second-order valence-electron chi connectivity index (χ2n) is 4.28. The monoisotopic (exact) mass is 285 g/mol. The molecule has 1 aromatic heterocycles. The number of nitrogens with zero attached hydrogens (tertiary/aromatic N) is 1. The lowest BCUT2D eigenvalue weighted by atomic mass is 10.2. The van der Waals surface area contributed by atoms with Gasteiger partial charge < -0.3 is 4.57 Å². The van der Waals surface area contributed by atoms with Gasteiger partial charge in [-0.15, -0.1) is 0 Å². The van der Waals surface area contributed by atoms with Crippen LogP contribution in [0.3, 0.4) is 0 Å². The normalized spacial score (nSPS) is 12.2. The first kappa shape index (κ1) is 13.1. The molecular weight excluding hydrogens is 274 g/mol. The molecule has 0 amide bonds. The van der Waals surface area contributed by atoms with Crippen LogP contribution < -0.4 is 5.43 Å². The number of para-hydroxylation sites is 1. The van der Waals surface area contributed by atoms with Gasteiger partial charge in [0.15, 0.2) is 0 Å². The molecule has 0 saturated carbocycles. The van der Waals surface area contributed by atoms with Gasteiger partial charge in [-0.05, 0) is 26.0 Å². The summed E-state index contributed by atoms with van der Waals surface area (Å²) in [5.74, 6) is 0.